The first-order valence-electron chi connectivity index (χ1n) is 14.6. The molecule has 1 aliphatic carbocycles. The molecule has 0 aromatic heterocycles. The Morgan fingerprint density at radius 3 is 2.60 bits per heavy atom. The highest BCUT2D eigenvalue weighted by Crippen LogP contribution is 2.58. The zero-order valence-corrected chi connectivity index (χ0v) is 23.5. The van der Waals surface area contributed by atoms with E-state index in [0.29, 0.717) is 36.7 Å². The van der Waals surface area contributed by atoms with Crippen LogP contribution in [-0.2, 0) is 25.7 Å². The first-order chi connectivity index (χ1) is 19.3. The van der Waals surface area contributed by atoms with E-state index in [-0.39, 0.29) is 23.8 Å². The molecule has 3 heterocycles. The summed E-state index contributed by atoms with van der Waals surface area (Å²) in [4.78, 5) is 43.8. The summed E-state index contributed by atoms with van der Waals surface area (Å²) in [6.45, 7) is 4.51. The molecule has 2 N–H and O–H groups in total. The van der Waals surface area contributed by atoms with Crippen molar-refractivity contribution in [3.63, 3.8) is 0 Å². The lowest BCUT2D eigenvalue weighted by Gasteiger charge is -2.36. The number of amides is 3. The summed E-state index contributed by atoms with van der Waals surface area (Å²) in [5.74, 6) is -0.942. The van der Waals surface area contributed by atoms with E-state index in [1.54, 1.807) is 24.1 Å². The molecule has 3 aliphatic heterocycles. The second kappa shape index (κ2) is 10.5. The Hall–Kier alpha value is -3.39. The first-order valence-corrected chi connectivity index (χ1v) is 14.6. The van der Waals surface area contributed by atoms with Crippen LogP contribution in [0.3, 0.4) is 0 Å². The molecular formula is C32H39N3O5. The standard InChI is InChI=1S/C32H39N3O5/c1-19-11-13-21(14-12-19)18-35-28(30(37)34-24-10-5-4-7-20(24)2)32-16-15-25(40-32)26(27(32)31(35)38)29(36)33-22-8-6-9-23(17-22)39-3/h6,8-9,11-14,17,20,24-28H,4-5,7,10,15-16,18H2,1-3H3,(H,33,36)(H,34,37). The van der Waals surface area contributed by atoms with Gasteiger partial charge in [0, 0.05) is 24.3 Å². The van der Waals surface area contributed by atoms with Crippen LogP contribution in [0.5, 0.6) is 5.75 Å². The van der Waals surface area contributed by atoms with Gasteiger partial charge >= 0.3 is 0 Å². The SMILES string of the molecule is COc1cccc(NC(=O)C2C3CCC4(O3)C2C(=O)N(Cc2ccc(C)cc2)C4C(=O)NC2CCCCC2C)c1. The summed E-state index contributed by atoms with van der Waals surface area (Å²) >= 11 is 0. The molecule has 7 atom stereocenters. The van der Waals surface area contributed by atoms with Gasteiger partial charge in [0.05, 0.1) is 25.0 Å². The van der Waals surface area contributed by atoms with Crippen molar-refractivity contribution in [1.82, 2.24) is 10.2 Å². The second-order valence-electron chi connectivity index (χ2n) is 12.1. The van der Waals surface area contributed by atoms with Crippen LogP contribution < -0.4 is 15.4 Å². The van der Waals surface area contributed by atoms with Crippen molar-refractivity contribution in [2.24, 2.45) is 17.8 Å². The van der Waals surface area contributed by atoms with Crippen LogP contribution >= 0.6 is 0 Å². The number of benzene rings is 2. The van der Waals surface area contributed by atoms with Crippen molar-refractivity contribution >= 4 is 23.4 Å². The summed E-state index contributed by atoms with van der Waals surface area (Å²) < 4.78 is 11.9. The lowest BCUT2D eigenvalue weighted by molar-refractivity contribution is -0.142. The normalized spacial score (nSPS) is 32.6. The number of aryl methyl sites for hydroxylation is 1. The molecule has 4 aliphatic rings. The van der Waals surface area contributed by atoms with Crippen LogP contribution in [-0.4, -0.2) is 53.5 Å². The Balaban J connectivity index is 1.32. The van der Waals surface area contributed by atoms with Crippen molar-refractivity contribution < 1.29 is 23.9 Å². The Morgan fingerprint density at radius 2 is 1.85 bits per heavy atom. The van der Waals surface area contributed by atoms with Crippen LogP contribution in [0.25, 0.3) is 0 Å². The maximum Gasteiger partial charge on any atom is 0.246 e. The highest BCUT2D eigenvalue weighted by molar-refractivity contribution is 6.02. The van der Waals surface area contributed by atoms with Gasteiger partial charge in [-0.25, -0.2) is 0 Å². The van der Waals surface area contributed by atoms with E-state index < -0.39 is 29.6 Å². The largest absolute Gasteiger partial charge is 0.497 e. The number of hydrogen-bond acceptors (Lipinski definition) is 5. The summed E-state index contributed by atoms with van der Waals surface area (Å²) in [7, 11) is 1.58. The van der Waals surface area contributed by atoms with Gasteiger partial charge in [0.15, 0.2) is 0 Å². The smallest absolute Gasteiger partial charge is 0.246 e. The second-order valence-corrected chi connectivity index (χ2v) is 12.1. The summed E-state index contributed by atoms with van der Waals surface area (Å²) in [5.41, 5.74) is 1.67. The molecule has 8 heteroatoms. The van der Waals surface area contributed by atoms with Crippen LogP contribution in [0, 0.1) is 24.7 Å². The molecule has 1 saturated carbocycles. The number of carbonyl (C=O) groups is 3. The van der Waals surface area contributed by atoms with Gasteiger partial charge in [0.2, 0.25) is 17.7 Å². The highest BCUT2D eigenvalue weighted by atomic mass is 16.5. The number of likely N-dealkylation sites (tertiary alicyclic amines) is 1. The predicted octanol–water partition coefficient (Wildman–Crippen LogP) is 4.21. The minimum atomic E-state index is -1.01. The van der Waals surface area contributed by atoms with Gasteiger partial charge in [0.25, 0.3) is 0 Å². The number of nitrogens with one attached hydrogen (secondary N) is 2. The number of methoxy groups -OCH3 is 1. The Labute approximate surface area is 235 Å². The number of hydrogen-bond donors (Lipinski definition) is 2. The van der Waals surface area contributed by atoms with Gasteiger partial charge in [-0.05, 0) is 56.2 Å². The fraction of sp³-hybridized carbons (Fsp3) is 0.531. The lowest BCUT2D eigenvalue weighted by atomic mass is 9.70. The fourth-order valence-corrected chi connectivity index (χ4v) is 7.53. The van der Waals surface area contributed by atoms with Gasteiger partial charge in [-0.1, -0.05) is 55.7 Å². The van der Waals surface area contributed by atoms with E-state index in [4.69, 9.17) is 9.47 Å². The molecule has 3 saturated heterocycles. The van der Waals surface area contributed by atoms with E-state index in [1.807, 2.05) is 43.3 Å². The van der Waals surface area contributed by atoms with Gasteiger partial charge in [-0.15, -0.1) is 0 Å². The van der Waals surface area contributed by atoms with Crippen molar-refractivity contribution in [2.75, 3.05) is 12.4 Å². The topological polar surface area (TPSA) is 97.0 Å². The maximum absolute atomic E-state index is 14.2. The maximum atomic E-state index is 14.2. The molecule has 212 valence electrons. The van der Waals surface area contributed by atoms with Gasteiger partial charge in [-0.2, -0.15) is 0 Å². The summed E-state index contributed by atoms with van der Waals surface area (Å²) in [5, 5.41) is 6.30. The Morgan fingerprint density at radius 1 is 1.07 bits per heavy atom. The third-order valence-corrected chi connectivity index (χ3v) is 9.60. The number of carbonyl (C=O) groups excluding carboxylic acids is 3. The number of nitrogens with zero attached hydrogens (tertiary/aromatic N) is 1. The first kappa shape index (κ1) is 26.8. The highest BCUT2D eigenvalue weighted by Gasteiger charge is 2.74. The number of fused-ring (bicyclic) bond motifs is 1. The Bertz CT molecular complexity index is 1300. The van der Waals surface area contributed by atoms with E-state index in [9.17, 15) is 14.4 Å². The quantitative estimate of drug-likeness (QED) is 0.543. The molecule has 2 bridgehead atoms. The van der Waals surface area contributed by atoms with Crippen LogP contribution in [0.2, 0.25) is 0 Å². The van der Waals surface area contributed by atoms with E-state index >= 15 is 0 Å². The molecule has 8 nitrogen and oxygen atoms in total. The monoisotopic (exact) mass is 545 g/mol. The van der Waals surface area contributed by atoms with Crippen LogP contribution in [0.4, 0.5) is 5.69 Å². The molecule has 2 aromatic carbocycles. The van der Waals surface area contributed by atoms with Crippen LogP contribution in [0.15, 0.2) is 48.5 Å². The predicted molar refractivity (Wildman–Crippen MR) is 151 cm³/mol. The van der Waals surface area contributed by atoms with Gasteiger partial charge < -0.3 is 25.0 Å². The third-order valence-electron chi connectivity index (χ3n) is 9.60. The van der Waals surface area contributed by atoms with Crippen molar-refractivity contribution in [3.8, 4) is 5.75 Å². The fourth-order valence-electron chi connectivity index (χ4n) is 7.53. The molecule has 4 fully saturated rings. The van der Waals surface area contributed by atoms with Crippen molar-refractivity contribution in [3.05, 3.63) is 59.7 Å². The minimum Gasteiger partial charge on any atom is -0.497 e. The zero-order chi connectivity index (χ0) is 28.0. The van der Waals surface area contributed by atoms with Crippen molar-refractivity contribution in [2.45, 2.75) is 82.7 Å². The molecule has 0 radical (unpaired) electrons. The summed E-state index contributed by atoms with van der Waals surface area (Å²) in [6, 6.07) is 14.5. The lowest BCUT2D eigenvalue weighted by Crippen LogP contribution is -2.57. The zero-order valence-electron chi connectivity index (χ0n) is 23.5. The minimum absolute atomic E-state index is 0.0822. The summed E-state index contributed by atoms with van der Waals surface area (Å²) in [6.07, 6.45) is 5.12. The van der Waals surface area contributed by atoms with E-state index in [1.165, 1.54) is 6.42 Å². The van der Waals surface area contributed by atoms with Gasteiger partial charge in [0.1, 0.15) is 17.4 Å². The van der Waals surface area contributed by atoms with Gasteiger partial charge in [-0.3, -0.25) is 14.4 Å². The molecule has 2 aromatic rings. The average Bonchev–Trinajstić information content (AvgIpc) is 3.59. The van der Waals surface area contributed by atoms with Crippen molar-refractivity contribution in [1.29, 1.82) is 0 Å². The Kier molecular flexibility index (Phi) is 7.07. The molecule has 1 spiro atoms. The van der Waals surface area contributed by atoms with E-state index in [2.05, 4.69) is 17.6 Å². The molecule has 6 rings (SSSR count). The number of rotatable bonds is 7. The average molecular weight is 546 g/mol. The third kappa shape index (κ3) is 4.56. The molecule has 7 unspecified atom stereocenters. The number of ether oxygens (including phenoxy) is 2. The number of anilines is 1. The molecular weight excluding hydrogens is 506 g/mol. The van der Waals surface area contributed by atoms with E-state index in [0.717, 1.165) is 30.4 Å². The van der Waals surface area contributed by atoms with Crippen LogP contribution in [0.1, 0.15) is 56.6 Å². The molecule has 40 heavy (non-hydrogen) atoms. The molecule has 3 amide bonds.